The Morgan fingerprint density at radius 1 is 1.25 bits per heavy atom. The Balaban J connectivity index is 2.54. The average molecular weight is 245 g/mol. The Morgan fingerprint density at radius 2 is 1.88 bits per heavy atom. The monoisotopic (exact) mass is 244 g/mol. The first-order valence-electron chi connectivity index (χ1n) is 4.47. The number of halogens is 3. The first-order valence-corrected chi connectivity index (χ1v) is 4.90. The van der Waals surface area contributed by atoms with Gasteiger partial charge in [0.1, 0.15) is 11.6 Å². The maximum absolute atomic E-state index is 13.0. The van der Waals surface area contributed by atoms with Crippen molar-refractivity contribution >= 4 is 11.6 Å². The summed E-state index contributed by atoms with van der Waals surface area (Å²) < 4.78 is 27.2. The van der Waals surface area contributed by atoms with Gasteiger partial charge < -0.3 is 0 Å². The van der Waals surface area contributed by atoms with E-state index < -0.39 is 17.0 Å². The lowest BCUT2D eigenvalue weighted by molar-refractivity contribution is 0.578. The predicted octanol–water partition coefficient (Wildman–Crippen LogP) is 2.24. The largest absolute Gasteiger partial charge is 0.207 e. The molecule has 7 heteroatoms. The van der Waals surface area contributed by atoms with E-state index in [1.165, 1.54) is 4.68 Å². The zero-order valence-electron chi connectivity index (χ0n) is 8.23. The molecule has 0 saturated heterocycles. The molecule has 0 amide bonds. The van der Waals surface area contributed by atoms with Gasteiger partial charge in [-0.15, -0.1) is 16.7 Å². The minimum absolute atomic E-state index is 0.199. The number of benzene rings is 1. The molecular formula is C9H7ClF2N4. The smallest absolute Gasteiger partial charge is 0.174 e. The van der Waals surface area contributed by atoms with Crippen LogP contribution in [0, 0.1) is 11.6 Å². The van der Waals surface area contributed by atoms with Crippen molar-refractivity contribution in [2.75, 3.05) is 0 Å². The maximum Gasteiger partial charge on any atom is 0.174 e. The molecule has 1 unspecified atom stereocenters. The first kappa shape index (κ1) is 10.9. The second kappa shape index (κ2) is 4.13. The van der Waals surface area contributed by atoms with Crippen molar-refractivity contribution in [1.82, 2.24) is 20.2 Å². The van der Waals surface area contributed by atoms with Gasteiger partial charge in [0.25, 0.3) is 0 Å². The minimum atomic E-state index is -0.696. The van der Waals surface area contributed by atoms with E-state index in [2.05, 4.69) is 15.5 Å². The molecule has 0 aliphatic rings. The van der Waals surface area contributed by atoms with Gasteiger partial charge in [-0.3, -0.25) is 0 Å². The molecule has 2 aromatic rings. The van der Waals surface area contributed by atoms with E-state index in [1.807, 2.05) is 0 Å². The summed E-state index contributed by atoms with van der Waals surface area (Å²) in [6.45, 7) is 1.67. The zero-order valence-corrected chi connectivity index (χ0v) is 8.99. The van der Waals surface area contributed by atoms with Crippen LogP contribution in [0.4, 0.5) is 8.78 Å². The first-order chi connectivity index (χ1) is 7.58. The van der Waals surface area contributed by atoms with Crippen LogP contribution >= 0.6 is 11.6 Å². The van der Waals surface area contributed by atoms with E-state index in [-0.39, 0.29) is 5.69 Å². The molecule has 0 saturated carbocycles. The summed E-state index contributed by atoms with van der Waals surface area (Å²) in [6.07, 6.45) is 0. The number of alkyl halides is 1. The number of nitrogens with zero attached hydrogens (tertiary/aromatic N) is 4. The summed E-state index contributed by atoms with van der Waals surface area (Å²) in [5.41, 5.74) is 0.199. The third-order valence-electron chi connectivity index (χ3n) is 1.94. The topological polar surface area (TPSA) is 43.6 Å². The third-order valence-corrected chi connectivity index (χ3v) is 2.14. The summed E-state index contributed by atoms with van der Waals surface area (Å²) in [4.78, 5) is 0. The van der Waals surface area contributed by atoms with Crippen LogP contribution in [0.3, 0.4) is 0 Å². The van der Waals surface area contributed by atoms with Crippen molar-refractivity contribution in [1.29, 1.82) is 0 Å². The Bertz CT molecular complexity index is 492. The highest BCUT2D eigenvalue weighted by molar-refractivity contribution is 6.20. The van der Waals surface area contributed by atoms with E-state index in [4.69, 9.17) is 11.6 Å². The van der Waals surface area contributed by atoms with Gasteiger partial charge in [-0.05, 0) is 29.5 Å². The van der Waals surface area contributed by atoms with E-state index in [0.29, 0.717) is 5.82 Å². The fourth-order valence-corrected chi connectivity index (χ4v) is 1.42. The summed E-state index contributed by atoms with van der Waals surface area (Å²) in [5.74, 6) is -1.07. The SMILES string of the molecule is CC(Cl)c1nnnn1-c1cc(F)cc(F)c1. The van der Waals surface area contributed by atoms with Crippen LogP contribution in [0.15, 0.2) is 18.2 Å². The van der Waals surface area contributed by atoms with Crippen LogP contribution in [0.25, 0.3) is 5.69 Å². The lowest BCUT2D eigenvalue weighted by Gasteiger charge is -2.05. The standard InChI is InChI=1S/C9H7ClF2N4/c1-5(10)9-13-14-15-16(9)8-3-6(11)2-7(12)4-8/h2-5H,1H3. The van der Waals surface area contributed by atoms with Gasteiger partial charge in [-0.2, -0.15) is 4.68 Å². The lowest BCUT2D eigenvalue weighted by atomic mass is 10.3. The van der Waals surface area contributed by atoms with Crippen LogP contribution in [0.5, 0.6) is 0 Å². The number of hydrogen-bond acceptors (Lipinski definition) is 3. The van der Waals surface area contributed by atoms with Crippen LogP contribution < -0.4 is 0 Å². The quantitative estimate of drug-likeness (QED) is 0.761. The molecule has 1 aromatic heterocycles. The molecule has 1 atom stereocenters. The summed E-state index contributed by atoms with van der Waals surface area (Å²) >= 11 is 5.83. The fourth-order valence-electron chi connectivity index (χ4n) is 1.29. The van der Waals surface area contributed by atoms with Crippen LogP contribution in [0.1, 0.15) is 18.1 Å². The van der Waals surface area contributed by atoms with Crippen molar-refractivity contribution in [3.8, 4) is 5.69 Å². The van der Waals surface area contributed by atoms with Gasteiger partial charge in [0.05, 0.1) is 11.1 Å². The minimum Gasteiger partial charge on any atom is -0.207 e. The van der Waals surface area contributed by atoms with Crippen molar-refractivity contribution in [2.24, 2.45) is 0 Å². The van der Waals surface area contributed by atoms with Gasteiger partial charge in [0.2, 0.25) is 0 Å². The van der Waals surface area contributed by atoms with Gasteiger partial charge >= 0.3 is 0 Å². The number of hydrogen-bond donors (Lipinski definition) is 0. The predicted molar refractivity (Wildman–Crippen MR) is 53.3 cm³/mol. The summed E-state index contributed by atoms with van der Waals surface area (Å²) in [6, 6.07) is 3.03. The van der Waals surface area contributed by atoms with Gasteiger partial charge in [0.15, 0.2) is 5.82 Å². The molecule has 0 spiro atoms. The van der Waals surface area contributed by atoms with Crippen LogP contribution in [-0.2, 0) is 0 Å². The second-order valence-corrected chi connectivity index (χ2v) is 3.85. The molecule has 0 N–H and O–H groups in total. The third kappa shape index (κ3) is 2.01. The van der Waals surface area contributed by atoms with Gasteiger partial charge in [0, 0.05) is 6.07 Å². The number of tetrazole rings is 1. The molecular weight excluding hydrogens is 238 g/mol. The molecule has 0 bridgehead atoms. The van der Waals surface area contributed by atoms with E-state index in [1.54, 1.807) is 6.92 Å². The molecule has 16 heavy (non-hydrogen) atoms. The molecule has 2 rings (SSSR count). The fraction of sp³-hybridized carbons (Fsp3) is 0.222. The van der Waals surface area contributed by atoms with Gasteiger partial charge in [-0.1, -0.05) is 0 Å². The normalized spacial score (nSPS) is 12.8. The molecule has 0 radical (unpaired) electrons. The van der Waals surface area contributed by atoms with E-state index in [0.717, 1.165) is 18.2 Å². The molecule has 4 nitrogen and oxygen atoms in total. The van der Waals surface area contributed by atoms with Crippen molar-refractivity contribution in [2.45, 2.75) is 12.3 Å². The van der Waals surface area contributed by atoms with Crippen LogP contribution in [-0.4, -0.2) is 20.2 Å². The Morgan fingerprint density at radius 3 is 2.44 bits per heavy atom. The van der Waals surface area contributed by atoms with E-state index in [9.17, 15) is 8.78 Å². The Kier molecular flexibility index (Phi) is 2.82. The highest BCUT2D eigenvalue weighted by Crippen LogP contribution is 2.20. The van der Waals surface area contributed by atoms with Crippen molar-refractivity contribution in [3.63, 3.8) is 0 Å². The summed E-state index contributed by atoms with van der Waals surface area (Å²) in [7, 11) is 0. The zero-order chi connectivity index (χ0) is 11.7. The van der Waals surface area contributed by atoms with Gasteiger partial charge in [-0.25, -0.2) is 8.78 Å². The maximum atomic E-state index is 13.0. The number of rotatable bonds is 2. The Labute approximate surface area is 94.8 Å². The van der Waals surface area contributed by atoms with Crippen LogP contribution in [0.2, 0.25) is 0 Å². The van der Waals surface area contributed by atoms with Crippen molar-refractivity contribution in [3.05, 3.63) is 35.7 Å². The highest BCUT2D eigenvalue weighted by atomic mass is 35.5. The molecule has 0 aliphatic heterocycles. The molecule has 0 fully saturated rings. The second-order valence-electron chi connectivity index (χ2n) is 3.19. The Hall–Kier alpha value is -1.56. The average Bonchev–Trinajstić information content (AvgIpc) is 2.63. The molecule has 1 aromatic carbocycles. The van der Waals surface area contributed by atoms with E-state index >= 15 is 0 Å². The highest BCUT2D eigenvalue weighted by Gasteiger charge is 2.14. The molecule has 84 valence electrons. The summed E-state index contributed by atoms with van der Waals surface area (Å²) in [5, 5.41) is 10.3. The number of aromatic nitrogens is 4. The molecule has 0 aliphatic carbocycles. The lowest BCUT2D eigenvalue weighted by Crippen LogP contribution is -2.04. The molecule has 1 heterocycles. The van der Waals surface area contributed by atoms with Crippen molar-refractivity contribution < 1.29 is 8.78 Å².